The lowest BCUT2D eigenvalue weighted by molar-refractivity contribution is -0.127. The Labute approximate surface area is 84.2 Å². The van der Waals surface area contributed by atoms with E-state index < -0.39 is 0 Å². The van der Waals surface area contributed by atoms with Gasteiger partial charge in [-0.1, -0.05) is 29.8 Å². The van der Waals surface area contributed by atoms with Crippen molar-refractivity contribution in [3.05, 3.63) is 41.0 Å². The van der Waals surface area contributed by atoms with Gasteiger partial charge in [0.15, 0.2) is 0 Å². The van der Waals surface area contributed by atoms with Gasteiger partial charge in [0.05, 0.1) is 0 Å². The molecule has 1 aromatic carbocycles. The smallest absolute Gasteiger partial charge is 0.293 e. The molecule has 0 unspecified atom stereocenters. The number of rotatable bonds is 4. The first kappa shape index (κ1) is 10.5. The van der Waals surface area contributed by atoms with Crippen molar-refractivity contribution in [3.8, 4) is 0 Å². The molecule has 0 radical (unpaired) electrons. The van der Waals surface area contributed by atoms with Gasteiger partial charge in [-0.25, -0.2) is 0 Å². The van der Waals surface area contributed by atoms with Gasteiger partial charge >= 0.3 is 0 Å². The molecule has 0 N–H and O–H groups in total. The van der Waals surface area contributed by atoms with E-state index in [1.807, 2.05) is 12.2 Å². The molecule has 0 heterocycles. The van der Waals surface area contributed by atoms with Crippen molar-refractivity contribution in [3.63, 3.8) is 0 Å². The van der Waals surface area contributed by atoms with E-state index in [9.17, 15) is 4.79 Å². The van der Waals surface area contributed by atoms with Crippen LogP contribution in [0.1, 0.15) is 16.7 Å². The normalized spacial score (nSPS) is 10.4. The largest absolute Gasteiger partial charge is 0.464 e. The Hall–Kier alpha value is -1.57. The summed E-state index contributed by atoms with van der Waals surface area (Å²) in [5.74, 6) is 0. The van der Waals surface area contributed by atoms with Crippen LogP contribution in [0.25, 0.3) is 6.08 Å². The van der Waals surface area contributed by atoms with Gasteiger partial charge < -0.3 is 4.74 Å². The maximum absolute atomic E-state index is 9.87. The molecule has 0 saturated heterocycles. The van der Waals surface area contributed by atoms with Gasteiger partial charge in [-0.3, -0.25) is 4.79 Å². The fraction of sp³-hybridized carbons (Fsp3) is 0.250. The van der Waals surface area contributed by atoms with E-state index >= 15 is 0 Å². The molecule has 0 saturated carbocycles. The van der Waals surface area contributed by atoms with Crippen molar-refractivity contribution < 1.29 is 9.53 Å². The molecule has 74 valence electrons. The van der Waals surface area contributed by atoms with Gasteiger partial charge in [0.2, 0.25) is 0 Å². The molecule has 1 rings (SSSR count). The summed E-state index contributed by atoms with van der Waals surface area (Å²) in [6.45, 7) is 4.91. The minimum absolute atomic E-state index is 0.330. The van der Waals surface area contributed by atoms with Crippen LogP contribution in [0.2, 0.25) is 0 Å². The third-order valence-electron chi connectivity index (χ3n) is 1.98. The first-order valence-corrected chi connectivity index (χ1v) is 4.53. The van der Waals surface area contributed by atoms with Crippen LogP contribution in [0.15, 0.2) is 24.3 Å². The maximum atomic E-state index is 9.87. The standard InChI is InChI=1S/C12H14O2/c1-10-5-6-12(11(2)8-10)4-3-7-14-9-13/h3-6,8-9H,7H2,1-2H3. The second-order valence-corrected chi connectivity index (χ2v) is 3.19. The highest BCUT2D eigenvalue weighted by Gasteiger charge is 1.93. The fourth-order valence-electron chi connectivity index (χ4n) is 1.28. The van der Waals surface area contributed by atoms with Gasteiger partial charge in [-0.05, 0) is 31.1 Å². The van der Waals surface area contributed by atoms with Crippen LogP contribution in [0.5, 0.6) is 0 Å². The van der Waals surface area contributed by atoms with Crippen molar-refractivity contribution in [2.45, 2.75) is 13.8 Å². The summed E-state index contributed by atoms with van der Waals surface area (Å²) < 4.78 is 4.55. The maximum Gasteiger partial charge on any atom is 0.293 e. The molecular formula is C12H14O2. The highest BCUT2D eigenvalue weighted by Crippen LogP contribution is 2.11. The molecule has 0 spiro atoms. The summed E-state index contributed by atoms with van der Waals surface area (Å²) in [7, 11) is 0. The lowest BCUT2D eigenvalue weighted by atomic mass is 10.1. The van der Waals surface area contributed by atoms with Gasteiger partial charge in [0.25, 0.3) is 6.47 Å². The SMILES string of the molecule is Cc1ccc(C=CCOC=O)c(C)c1. The van der Waals surface area contributed by atoms with E-state index in [4.69, 9.17) is 0 Å². The van der Waals surface area contributed by atoms with E-state index in [1.165, 1.54) is 11.1 Å². The molecule has 0 atom stereocenters. The Morgan fingerprint density at radius 2 is 2.14 bits per heavy atom. The van der Waals surface area contributed by atoms with Crippen LogP contribution < -0.4 is 0 Å². The molecule has 14 heavy (non-hydrogen) atoms. The minimum Gasteiger partial charge on any atom is -0.464 e. The Balaban J connectivity index is 2.67. The summed E-state index contributed by atoms with van der Waals surface area (Å²) >= 11 is 0. The quantitative estimate of drug-likeness (QED) is 0.538. The summed E-state index contributed by atoms with van der Waals surface area (Å²) in [4.78, 5) is 9.87. The van der Waals surface area contributed by atoms with Gasteiger partial charge in [0, 0.05) is 0 Å². The van der Waals surface area contributed by atoms with Crippen molar-refractivity contribution >= 4 is 12.5 Å². The Bertz CT molecular complexity index is 340. The van der Waals surface area contributed by atoms with Crippen LogP contribution in [0.4, 0.5) is 0 Å². The third-order valence-corrected chi connectivity index (χ3v) is 1.98. The average Bonchev–Trinajstić information content (AvgIpc) is 2.15. The topological polar surface area (TPSA) is 26.3 Å². The fourth-order valence-corrected chi connectivity index (χ4v) is 1.28. The number of carbonyl (C=O) groups is 1. The van der Waals surface area contributed by atoms with Crippen molar-refractivity contribution in [2.24, 2.45) is 0 Å². The van der Waals surface area contributed by atoms with E-state index in [0.717, 1.165) is 5.56 Å². The Kier molecular flexibility index (Phi) is 3.92. The lowest BCUT2D eigenvalue weighted by Gasteiger charge is -2.01. The van der Waals surface area contributed by atoms with Crippen LogP contribution in [-0.2, 0) is 9.53 Å². The molecule has 0 aliphatic heterocycles. The van der Waals surface area contributed by atoms with Gasteiger partial charge in [-0.15, -0.1) is 0 Å². The monoisotopic (exact) mass is 190 g/mol. The molecule has 0 aliphatic rings. The van der Waals surface area contributed by atoms with E-state index in [-0.39, 0.29) is 0 Å². The molecule has 2 heteroatoms. The zero-order chi connectivity index (χ0) is 10.4. The van der Waals surface area contributed by atoms with Crippen LogP contribution in [0.3, 0.4) is 0 Å². The molecule has 2 nitrogen and oxygen atoms in total. The Morgan fingerprint density at radius 1 is 1.36 bits per heavy atom. The van der Waals surface area contributed by atoms with Gasteiger partial charge in [0.1, 0.15) is 6.61 Å². The van der Waals surface area contributed by atoms with E-state index in [2.05, 4.69) is 36.8 Å². The highest BCUT2D eigenvalue weighted by molar-refractivity contribution is 5.54. The minimum atomic E-state index is 0.330. The summed E-state index contributed by atoms with van der Waals surface area (Å²) in [6, 6.07) is 6.25. The molecule has 0 bridgehead atoms. The third kappa shape index (κ3) is 3.05. The van der Waals surface area contributed by atoms with Crippen LogP contribution in [-0.4, -0.2) is 13.1 Å². The molecule has 0 fully saturated rings. The summed E-state index contributed by atoms with van der Waals surface area (Å²) in [5, 5.41) is 0. The summed E-state index contributed by atoms with van der Waals surface area (Å²) in [5.41, 5.74) is 3.64. The number of ether oxygens (including phenoxy) is 1. The van der Waals surface area contributed by atoms with E-state index in [0.29, 0.717) is 13.1 Å². The molecule has 0 aromatic heterocycles. The van der Waals surface area contributed by atoms with Crippen molar-refractivity contribution in [2.75, 3.05) is 6.61 Å². The zero-order valence-electron chi connectivity index (χ0n) is 8.49. The average molecular weight is 190 g/mol. The van der Waals surface area contributed by atoms with Crippen molar-refractivity contribution in [1.29, 1.82) is 0 Å². The number of aryl methyl sites for hydroxylation is 2. The first-order valence-electron chi connectivity index (χ1n) is 4.53. The predicted molar refractivity (Wildman–Crippen MR) is 57.0 cm³/mol. The number of carbonyl (C=O) groups excluding carboxylic acids is 1. The summed E-state index contributed by atoms with van der Waals surface area (Å²) in [6.07, 6.45) is 3.78. The molecular weight excluding hydrogens is 176 g/mol. The molecule has 0 amide bonds. The lowest BCUT2D eigenvalue weighted by Crippen LogP contribution is -1.86. The van der Waals surface area contributed by atoms with Gasteiger partial charge in [-0.2, -0.15) is 0 Å². The van der Waals surface area contributed by atoms with E-state index in [1.54, 1.807) is 0 Å². The molecule has 1 aromatic rings. The second-order valence-electron chi connectivity index (χ2n) is 3.19. The zero-order valence-corrected chi connectivity index (χ0v) is 8.49. The second kappa shape index (κ2) is 5.22. The van der Waals surface area contributed by atoms with Crippen LogP contribution >= 0.6 is 0 Å². The number of benzene rings is 1. The Morgan fingerprint density at radius 3 is 2.79 bits per heavy atom. The highest BCUT2D eigenvalue weighted by atomic mass is 16.5. The van der Waals surface area contributed by atoms with Crippen LogP contribution in [0, 0.1) is 13.8 Å². The molecule has 0 aliphatic carbocycles. The predicted octanol–water partition coefficient (Wildman–Crippen LogP) is 2.49. The number of hydrogen-bond acceptors (Lipinski definition) is 2. The first-order chi connectivity index (χ1) is 6.74. The van der Waals surface area contributed by atoms with Crippen molar-refractivity contribution in [1.82, 2.24) is 0 Å². The number of hydrogen-bond donors (Lipinski definition) is 0.